The molecule has 0 atom stereocenters. The molecule has 1 aromatic heterocycles. The van der Waals surface area contributed by atoms with Crippen molar-refractivity contribution in [3.8, 4) is 0 Å². The summed E-state index contributed by atoms with van der Waals surface area (Å²) < 4.78 is 1.65. The van der Waals surface area contributed by atoms with Gasteiger partial charge in [-0.05, 0) is 18.4 Å². The van der Waals surface area contributed by atoms with Gasteiger partial charge in [0.15, 0.2) is 0 Å². The van der Waals surface area contributed by atoms with Gasteiger partial charge in [-0.2, -0.15) is 5.10 Å². The minimum absolute atomic E-state index is 0.0368. The van der Waals surface area contributed by atoms with E-state index in [1.54, 1.807) is 17.1 Å². The topological polar surface area (TPSA) is 46.9 Å². The largest absolute Gasteiger partial charge is 0.351 e. The van der Waals surface area contributed by atoms with Crippen molar-refractivity contribution in [2.75, 3.05) is 6.54 Å². The number of benzene rings is 1. The lowest BCUT2D eigenvalue weighted by atomic mass is 9.79. The van der Waals surface area contributed by atoms with Gasteiger partial charge in [-0.15, -0.1) is 0 Å². The fourth-order valence-electron chi connectivity index (χ4n) is 3.30. The van der Waals surface area contributed by atoms with E-state index in [9.17, 15) is 4.79 Å². The van der Waals surface area contributed by atoms with E-state index >= 15 is 0 Å². The van der Waals surface area contributed by atoms with Crippen LogP contribution in [0.4, 0.5) is 0 Å². The zero-order chi connectivity index (χ0) is 14.7. The van der Waals surface area contributed by atoms with Gasteiger partial charge < -0.3 is 5.32 Å². The Bertz CT molecular complexity index is 612. The summed E-state index contributed by atoms with van der Waals surface area (Å²) in [5.41, 5.74) is 2.06. The van der Waals surface area contributed by atoms with Crippen molar-refractivity contribution >= 4 is 5.91 Å². The molecular formula is C17H21N3O. The zero-order valence-corrected chi connectivity index (χ0v) is 12.4. The third-order valence-electron chi connectivity index (χ3n) is 4.50. The van der Waals surface area contributed by atoms with Crippen molar-refractivity contribution in [2.45, 2.75) is 31.1 Å². The molecule has 0 aliphatic heterocycles. The molecule has 1 saturated carbocycles. The van der Waals surface area contributed by atoms with E-state index in [1.807, 2.05) is 13.1 Å². The summed E-state index contributed by atoms with van der Waals surface area (Å²) in [6.45, 7) is 0.699. The van der Waals surface area contributed by atoms with Gasteiger partial charge in [0.25, 0.3) is 5.91 Å². The number of carbonyl (C=O) groups excluding carboxylic acids is 1. The number of aromatic nitrogens is 2. The number of carbonyl (C=O) groups is 1. The van der Waals surface area contributed by atoms with E-state index in [0.717, 1.165) is 12.8 Å². The lowest BCUT2D eigenvalue weighted by molar-refractivity contribution is 0.0943. The maximum atomic E-state index is 12.2. The first-order valence-corrected chi connectivity index (χ1v) is 7.52. The molecule has 1 heterocycles. The fourth-order valence-corrected chi connectivity index (χ4v) is 3.30. The van der Waals surface area contributed by atoms with Gasteiger partial charge in [0.2, 0.25) is 0 Å². The minimum atomic E-state index is -0.0368. The highest BCUT2D eigenvalue weighted by molar-refractivity contribution is 5.93. The zero-order valence-electron chi connectivity index (χ0n) is 12.4. The molecule has 1 aromatic carbocycles. The van der Waals surface area contributed by atoms with Gasteiger partial charge in [0.1, 0.15) is 0 Å². The van der Waals surface area contributed by atoms with Gasteiger partial charge in [0, 0.05) is 25.2 Å². The molecule has 3 rings (SSSR count). The van der Waals surface area contributed by atoms with Gasteiger partial charge in [-0.3, -0.25) is 9.48 Å². The highest BCUT2D eigenvalue weighted by atomic mass is 16.1. The smallest absolute Gasteiger partial charge is 0.254 e. The predicted molar refractivity (Wildman–Crippen MR) is 82.1 cm³/mol. The normalized spacial score (nSPS) is 16.8. The number of rotatable bonds is 4. The fraction of sp³-hybridized carbons (Fsp3) is 0.412. The Morgan fingerprint density at radius 1 is 1.29 bits per heavy atom. The number of aryl methyl sites for hydroxylation is 1. The van der Waals surface area contributed by atoms with E-state index in [-0.39, 0.29) is 11.3 Å². The first-order chi connectivity index (χ1) is 10.2. The molecule has 1 N–H and O–H groups in total. The molecule has 21 heavy (non-hydrogen) atoms. The molecule has 1 amide bonds. The average molecular weight is 283 g/mol. The van der Waals surface area contributed by atoms with E-state index < -0.39 is 0 Å². The number of hydrogen-bond acceptors (Lipinski definition) is 2. The van der Waals surface area contributed by atoms with Gasteiger partial charge >= 0.3 is 0 Å². The van der Waals surface area contributed by atoms with E-state index in [2.05, 4.69) is 34.7 Å². The van der Waals surface area contributed by atoms with Crippen LogP contribution in [0, 0.1) is 0 Å². The van der Waals surface area contributed by atoms with Crippen LogP contribution in [0.1, 0.15) is 41.6 Å². The number of hydrogen-bond donors (Lipinski definition) is 1. The number of nitrogens with one attached hydrogen (secondary N) is 1. The summed E-state index contributed by atoms with van der Waals surface area (Å²) in [6.07, 6.45) is 8.11. The maximum absolute atomic E-state index is 12.2. The first-order valence-electron chi connectivity index (χ1n) is 7.52. The molecule has 1 fully saturated rings. The molecular weight excluding hydrogens is 262 g/mol. The molecule has 0 radical (unpaired) electrons. The summed E-state index contributed by atoms with van der Waals surface area (Å²) >= 11 is 0. The van der Waals surface area contributed by atoms with Crippen LogP contribution in [0.3, 0.4) is 0 Å². The molecule has 4 heteroatoms. The van der Waals surface area contributed by atoms with Gasteiger partial charge in [-0.25, -0.2) is 0 Å². The molecule has 1 aliphatic carbocycles. The Morgan fingerprint density at radius 3 is 2.62 bits per heavy atom. The maximum Gasteiger partial charge on any atom is 0.254 e. The van der Waals surface area contributed by atoms with E-state index in [4.69, 9.17) is 0 Å². The average Bonchev–Trinajstić information content (AvgIpc) is 3.16. The van der Waals surface area contributed by atoms with Crippen molar-refractivity contribution in [2.24, 2.45) is 7.05 Å². The Labute approximate surface area is 125 Å². The Balaban J connectivity index is 1.73. The Kier molecular flexibility index (Phi) is 3.78. The number of nitrogens with zero attached hydrogens (tertiary/aromatic N) is 2. The second kappa shape index (κ2) is 5.72. The summed E-state index contributed by atoms with van der Waals surface area (Å²) in [5.74, 6) is -0.0368. The second-order valence-corrected chi connectivity index (χ2v) is 5.94. The summed E-state index contributed by atoms with van der Waals surface area (Å²) in [5, 5.41) is 7.15. The third-order valence-corrected chi connectivity index (χ3v) is 4.50. The molecule has 0 unspecified atom stereocenters. The van der Waals surface area contributed by atoms with Crippen LogP contribution in [-0.4, -0.2) is 22.2 Å². The lowest BCUT2D eigenvalue weighted by Crippen LogP contribution is -2.38. The third kappa shape index (κ3) is 2.84. The van der Waals surface area contributed by atoms with Crippen molar-refractivity contribution in [1.82, 2.24) is 15.1 Å². The van der Waals surface area contributed by atoms with Crippen molar-refractivity contribution in [3.05, 3.63) is 53.9 Å². The van der Waals surface area contributed by atoms with Crippen LogP contribution in [0.25, 0.3) is 0 Å². The summed E-state index contributed by atoms with van der Waals surface area (Å²) in [7, 11) is 1.82. The summed E-state index contributed by atoms with van der Waals surface area (Å²) in [6, 6.07) is 10.6. The lowest BCUT2D eigenvalue weighted by Gasteiger charge is -2.30. The van der Waals surface area contributed by atoms with Crippen LogP contribution in [-0.2, 0) is 12.5 Å². The van der Waals surface area contributed by atoms with Crippen molar-refractivity contribution in [1.29, 1.82) is 0 Å². The predicted octanol–water partition coefficient (Wildman–Crippen LogP) is 2.66. The highest BCUT2D eigenvalue weighted by Gasteiger charge is 2.35. The van der Waals surface area contributed by atoms with Gasteiger partial charge in [-0.1, -0.05) is 43.2 Å². The monoisotopic (exact) mass is 283 g/mol. The SMILES string of the molecule is Cn1cc(C(=O)NCC2(c3ccccc3)CCCC2)cn1. The molecule has 0 spiro atoms. The van der Waals surface area contributed by atoms with E-state index in [1.165, 1.54) is 18.4 Å². The number of amides is 1. The highest BCUT2D eigenvalue weighted by Crippen LogP contribution is 2.40. The summed E-state index contributed by atoms with van der Waals surface area (Å²) in [4.78, 5) is 12.2. The van der Waals surface area contributed by atoms with Crippen LogP contribution in [0.2, 0.25) is 0 Å². The van der Waals surface area contributed by atoms with Gasteiger partial charge in [0.05, 0.1) is 11.8 Å². The molecule has 0 bridgehead atoms. The van der Waals surface area contributed by atoms with E-state index in [0.29, 0.717) is 12.1 Å². The van der Waals surface area contributed by atoms with Crippen LogP contribution in [0.5, 0.6) is 0 Å². The van der Waals surface area contributed by atoms with Crippen molar-refractivity contribution < 1.29 is 4.79 Å². The molecule has 110 valence electrons. The molecule has 0 saturated heterocycles. The van der Waals surface area contributed by atoms with Crippen LogP contribution >= 0.6 is 0 Å². The minimum Gasteiger partial charge on any atom is -0.351 e. The Hall–Kier alpha value is -2.10. The molecule has 2 aromatic rings. The first kappa shape index (κ1) is 13.9. The van der Waals surface area contributed by atoms with Crippen LogP contribution < -0.4 is 5.32 Å². The van der Waals surface area contributed by atoms with Crippen molar-refractivity contribution in [3.63, 3.8) is 0 Å². The van der Waals surface area contributed by atoms with Crippen LogP contribution in [0.15, 0.2) is 42.7 Å². The molecule has 4 nitrogen and oxygen atoms in total. The second-order valence-electron chi connectivity index (χ2n) is 5.94. The quantitative estimate of drug-likeness (QED) is 0.937. The molecule has 1 aliphatic rings. The Morgan fingerprint density at radius 2 is 2.00 bits per heavy atom. The standard InChI is InChI=1S/C17H21N3O/c1-20-12-14(11-19-20)16(21)18-13-17(9-5-6-10-17)15-7-3-2-4-8-15/h2-4,7-8,11-12H,5-6,9-10,13H2,1H3,(H,18,21).